The Morgan fingerprint density at radius 3 is 2.24 bits per heavy atom. The third-order valence-corrected chi connectivity index (χ3v) is 10.4. The number of hydrogen-bond acceptors (Lipinski definition) is 9. The molecule has 3 atom stereocenters. The molecule has 290 valence electrons. The van der Waals surface area contributed by atoms with Gasteiger partial charge in [-0.15, -0.1) is 11.3 Å². The number of thiazole rings is 1. The van der Waals surface area contributed by atoms with Gasteiger partial charge in [-0.1, -0.05) is 57.2 Å². The summed E-state index contributed by atoms with van der Waals surface area (Å²) in [5.41, 5.74) is 11.8. The molecule has 4 aromatic rings. The number of nitrogens with one attached hydrogen (secondary N) is 4. The lowest BCUT2D eigenvalue weighted by Gasteiger charge is -2.35. The first kappa shape index (κ1) is 40.6. The average molecular weight is 768 g/mol. The topological polar surface area (TPSA) is 196 Å². The van der Waals surface area contributed by atoms with Crippen molar-refractivity contribution in [2.24, 2.45) is 5.41 Å². The van der Waals surface area contributed by atoms with E-state index in [1.807, 2.05) is 52.0 Å². The molecule has 7 N–H and O–H groups in total. The first-order valence-electron chi connectivity index (χ1n) is 18.3. The number of nitrogens with zero attached hydrogens (tertiary/aromatic N) is 2. The number of aromatic nitrogens is 1. The molecule has 0 aliphatic carbocycles. The average Bonchev–Trinajstić information content (AvgIpc) is 3.77. The molecule has 1 aliphatic rings. The SMILES string of the molecule is Cc1ncsc1-c1ccc(CNC(=O)C2CC(O)CN2C(=O)C(NC(=O)CCCCC(=O)Nc2ccc(C(=O)Nc3ccccc3N)cc2)C(C)(C)C)cc1. The van der Waals surface area contributed by atoms with E-state index in [-0.39, 0.29) is 56.0 Å². The summed E-state index contributed by atoms with van der Waals surface area (Å²) in [6.45, 7) is 7.69. The summed E-state index contributed by atoms with van der Waals surface area (Å²) in [7, 11) is 0. The summed E-state index contributed by atoms with van der Waals surface area (Å²) in [5.74, 6) is -1.73. The normalized spacial score (nSPS) is 15.9. The molecule has 1 aromatic heterocycles. The second-order valence-electron chi connectivity index (χ2n) is 14.8. The number of carbonyl (C=O) groups is 5. The number of benzene rings is 3. The molecule has 0 radical (unpaired) electrons. The fourth-order valence-corrected chi connectivity index (χ4v) is 7.13. The quantitative estimate of drug-likeness (QED) is 0.0738. The Hall–Kier alpha value is -5.60. The van der Waals surface area contributed by atoms with Gasteiger partial charge in [0.25, 0.3) is 5.91 Å². The number of nitrogens with two attached hydrogens (primary N) is 1. The van der Waals surface area contributed by atoms with Crippen LogP contribution in [0.1, 0.15) is 74.5 Å². The number of β-amino-alcohol motifs (C(OH)–C–C–N with tert-alkyl or cyclic N) is 1. The van der Waals surface area contributed by atoms with Gasteiger partial charge >= 0.3 is 0 Å². The number of unbranched alkanes of at least 4 members (excludes halogenated alkanes) is 1. The van der Waals surface area contributed by atoms with Crippen molar-refractivity contribution in [3.8, 4) is 10.4 Å². The van der Waals surface area contributed by atoms with E-state index in [2.05, 4.69) is 26.3 Å². The van der Waals surface area contributed by atoms with Crippen molar-refractivity contribution in [3.05, 3.63) is 95.1 Å². The summed E-state index contributed by atoms with van der Waals surface area (Å²) in [6.07, 6.45) is 0.322. The lowest BCUT2D eigenvalue weighted by molar-refractivity contribution is -0.144. The van der Waals surface area contributed by atoms with Crippen LogP contribution in [0.3, 0.4) is 0 Å². The number of amides is 5. The zero-order valence-corrected chi connectivity index (χ0v) is 32.4. The molecule has 2 heterocycles. The number of aliphatic hydroxyl groups excluding tert-OH is 1. The Labute approximate surface area is 325 Å². The smallest absolute Gasteiger partial charge is 0.255 e. The van der Waals surface area contributed by atoms with Gasteiger partial charge in [0, 0.05) is 43.6 Å². The van der Waals surface area contributed by atoms with Crippen LogP contribution in [0, 0.1) is 12.3 Å². The number of carbonyl (C=O) groups excluding carboxylic acids is 5. The fourth-order valence-electron chi connectivity index (χ4n) is 6.32. The molecule has 0 saturated carbocycles. The molecule has 55 heavy (non-hydrogen) atoms. The monoisotopic (exact) mass is 767 g/mol. The number of nitrogen functional groups attached to an aromatic ring is 1. The number of hydrogen-bond donors (Lipinski definition) is 6. The summed E-state index contributed by atoms with van der Waals surface area (Å²) in [5, 5.41) is 21.9. The lowest BCUT2D eigenvalue weighted by Crippen LogP contribution is -2.57. The number of para-hydroxylation sites is 2. The van der Waals surface area contributed by atoms with Crippen LogP contribution in [-0.2, 0) is 25.7 Å². The van der Waals surface area contributed by atoms with Crippen molar-refractivity contribution in [1.29, 1.82) is 0 Å². The van der Waals surface area contributed by atoms with E-state index in [9.17, 15) is 29.1 Å². The predicted octanol–water partition coefficient (Wildman–Crippen LogP) is 5.26. The summed E-state index contributed by atoms with van der Waals surface area (Å²) >= 11 is 1.57. The number of aryl methyl sites for hydroxylation is 1. The molecular weight excluding hydrogens is 719 g/mol. The second kappa shape index (κ2) is 18.2. The van der Waals surface area contributed by atoms with Gasteiger partial charge < -0.3 is 37.0 Å². The number of likely N-dealkylation sites (tertiary alicyclic amines) is 1. The van der Waals surface area contributed by atoms with Gasteiger partial charge in [-0.05, 0) is 72.7 Å². The van der Waals surface area contributed by atoms with Crippen LogP contribution in [0.2, 0.25) is 0 Å². The minimum atomic E-state index is -0.943. The number of aliphatic hydroxyl groups is 1. The molecule has 1 saturated heterocycles. The highest BCUT2D eigenvalue weighted by Gasteiger charge is 2.44. The largest absolute Gasteiger partial charge is 0.397 e. The van der Waals surface area contributed by atoms with E-state index in [0.29, 0.717) is 35.5 Å². The van der Waals surface area contributed by atoms with Crippen molar-refractivity contribution in [3.63, 3.8) is 0 Å². The van der Waals surface area contributed by atoms with Gasteiger partial charge in [-0.2, -0.15) is 0 Å². The molecule has 3 aromatic carbocycles. The van der Waals surface area contributed by atoms with Gasteiger partial charge in [0.1, 0.15) is 12.1 Å². The van der Waals surface area contributed by atoms with E-state index < -0.39 is 29.5 Å². The van der Waals surface area contributed by atoms with Gasteiger partial charge in [0.15, 0.2) is 0 Å². The van der Waals surface area contributed by atoms with E-state index in [4.69, 9.17) is 5.73 Å². The molecule has 5 rings (SSSR count). The van der Waals surface area contributed by atoms with Gasteiger partial charge in [0.05, 0.1) is 33.6 Å². The lowest BCUT2D eigenvalue weighted by atomic mass is 9.85. The molecule has 0 bridgehead atoms. The Morgan fingerprint density at radius 2 is 1.60 bits per heavy atom. The zero-order valence-electron chi connectivity index (χ0n) is 31.6. The minimum absolute atomic E-state index is 0.0177. The van der Waals surface area contributed by atoms with Crippen molar-refractivity contribution in [2.45, 2.75) is 84.5 Å². The molecule has 13 nitrogen and oxygen atoms in total. The fraction of sp³-hybridized carbons (Fsp3) is 0.366. The minimum Gasteiger partial charge on any atom is -0.397 e. The third-order valence-electron chi connectivity index (χ3n) is 9.41. The molecule has 1 fully saturated rings. The Balaban J connectivity index is 1.07. The predicted molar refractivity (Wildman–Crippen MR) is 214 cm³/mol. The van der Waals surface area contributed by atoms with E-state index in [1.165, 1.54) is 4.90 Å². The summed E-state index contributed by atoms with van der Waals surface area (Å²) in [6, 6.07) is 19.4. The van der Waals surface area contributed by atoms with Crippen LogP contribution in [0.15, 0.2) is 78.3 Å². The highest BCUT2D eigenvalue weighted by Crippen LogP contribution is 2.28. The van der Waals surface area contributed by atoms with Crippen LogP contribution in [-0.4, -0.2) is 69.3 Å². The van der Waals surface area contributed by atoms with Crippen molar-refractivity contribution in [2.75, 3.05) is 22.9 Å². The summed E-state index contributed by atoms with van der Waals surface area (Å²) in [4.78, 5) is 72.3. The van der Waals surface area contributed by atoms with E-state index in [0.717, 1.165) is 21.7 Å². The molecule has 5 amide bonds. The molecular formula is C41H49N7O6S. The van der Waals surface area contributed by atoms with Crippen LogP contribution < -0.4 is 27.0 Å². The van der Waals surface area contributed by atoms with Crippen molar-refractivity contribution >= 4 is 57.9 Å². The van der Waals surface area contributed by atoms with Crippen LogP contribution in [0.4, 0.5) is 17.1 Å². The number of anilines is 3. The Kier molecular flexibility index (Phi) is 13.4. The van der Waals surface area contributed by atoms with Crippen molar-refractivity contribution < 1.29 is 29.1 Å². The highest BCUT2D eigenvalue weighted by atomic mass is 32.1. The number of rotatable bonds is 14. The van der Waals surface area contributed by atoms with Crippen molar-refractivity contribution in [1.82, 2.24) is 20.5 Å². The van der Waals surface area contributed by atoms with E-state index in [1.54, 1.807) is 65.4 Å². The van der Waals surface area contributed by atoms with Gasteiger partial charge in [0.2, 0.25) is 23.6 Å². The maximum atomic E-state index is 13.9. The molecule has 0 spiro atoms. The molecule has 3 unspecified atom stereocenters. The van der Waals surface area contributed by atoms with Crippen LogP contribution in [0.25, 0.3) is 10.4 Å². The molecule has 1 aliphatic heterocycles. The van der Waals surface area contributed by atoms with E-state index >= 15 is 0 Å². The maximum absolute atomic E-state index is 13.9. The zero-order chi connectivity index (χ0) is 39.7. The second-order valence-corrected chi connectivity index (χ2v) is 15.7. The third kappa shape index (κ3) is 11.0. The first-order valence-corrected chi connectivity index (χ1v) is 19.2. The van der Waals surface area contributed by atoms with Crippen LogP contribution >= 0.6 is 11.3 Å². The first-order chi connectivity index (χ1) is 26.2. The summed E-state index contributed by atoms with van der Waals surface area (Å²) < 4.78 is 0. The molecule has 14 heteroatoms. The Bertz CT molecular complexity index is 1990. The van der Waals surface area contributed by atoms with Crippen LogP contribution in [0.5, 0.6) is 0 Å². The van der Waals surface area contributed by atoms with Gasteiger partial charge in [-0.3, -0.25) is 24.0 Å². The van der Waals surface area contributed by atoms with Gasteiger partial charge in [-0.25, -0.2) is 4.98 Å². The Morgan fingerprint density at radius 1 is 0.927 bits per heavy atom. The maximum Gasteiger partial charge on any atom is 0.255 e. The highest BCUT2D eigenvalue weighted by molar-refractivity contribution is 7.13. The standard InChI is InChI=1S/C41H49N7O6S/c1-25-36(55-24-44-25)27-15-13-26(14-16-27)22-43-39(53)33-21-30(49)23-48(33)40(54)37(41(2,3)4)47-35(51)12-8-7-11-34(50)45-29-19-17-28(18-20-29)38(52)46-32-10-6-5-9-31(32)42/h5-6,9-10,13-20,24,30,33,37,49H,7-8,11-12,21-23,42H2,1-4H3,(H,43,53)(H,45,50)(H,46,52)(H,47,51).